The summed E-state index contributed by atoms with van der Waals surface area (Å²) in [4.78, 5) is 22.4. The minimum absolute atomic E-state index is 0.0313. The van der Waals surface area contributed by atoms with Crippen LogP contribution < -0.4 is 10.2 Å². The van der Waals surface area contributed by atoms with Gasteiger partial charge in [-0.1, -0.05) is 0 Å². The maximum Gasteiger partial charge on any atom is 0.245 e. The monoisotopic (exact) mass is 326 g/mol. The van der Waals surface area contributed by atoms with E-state index >= 15 is 0 Å². The van der Waals surface area contributed by atoms with Gasteiger partial charge in [-0.2, -0.15) is 0 Å². The van der Waals surface area contributed by atoms with Gasteiger partial charge in [0.05, 0.1) is 12.7 Å². The zero-order valence-corrected chi connectivity index (χ0v) is 12.0. The van der Waals surface area contributed by atoms with E-state index in [1.54, 1.807) is 6.20 Å². The molecule has 1 aromatic rings. The molecule has 0 spiro atoms. The Kier molecular flexibility index (Phi) is 3.65. The zero-order valence-electron chi connectivity index (χ0n) is 10.4. The second-order valence-electron chi connectivity index (χ2n) is 4.85. The second-order valence-corrected chi connectivity index (χ2v) is 5.66. The maximum absolute atomic E-state index is 11.7. The van der Waals surface area contributed by atoms with Gasteiger partial charge < -0.3 is 15.0 Å². The molecule has 2 aliphatic heterocycles. The predicted octanol–water partition coefficient (Wildman–Crippen LogP) is 1.42. The van der Waals surface area contributed by atoms with Gasteiger partial charge in [0, 0.05) is 19.8 Å². The first kappa shape index (κ1) is 12.8. The van der Waals surface area contributed by atoms with Crippen molar-refractivity contribution >= 4 is 33.5 Å². The van der Waals surface area contributed by atoms with Crippen LogP contribution in [0.4, 0.5) is 11.6 Å². The molecular formula is C12H15BrN4O2. The van der Waals surface area contributed by atoms with Gasteiger partial charge in [0.15, 0.2) is 11.6 Å². The molecule has 7 heteroatoms. The topological polar surface area (TPSA) is 67.4 Å². The van der Waals surface area contributed by atoms with Crippen molar-refractivity contribution in [2.75, 3.05) is 36.5 Å². The normalized spacial score (nSPS) is 20.1. The molecule has 3 heterocycles. The van der Waals surface area contributed by atoms with E-state index in [1.165, 1.54) is 0 Å². The van der Waals surface area contributed by atoms with Crippen molar-refractivity contribution in [1.29, 1.82) is 0 Å². The summed E-state index contributed by atoms with van der Waals surface area (Å²) in [6.07, 6.45) is 3.67. The standard InChI is InChI=1S/C12H15BrN4O2/c13-9-5-14-11-12(15-9)17(7-10(18)16-11)6-8-1-3-19-4-2-8/h5,8H,1-4,6-7H2,(H,14,16,18). The summed E-state index contributed by atoms with van der Waals surface area (Å²) in [6.45, 7) is 2.79. The summed E-state index contributed by atoms with van der Waals surface area (Å²) in [7, 11) is 0. The SMILES string of the molecule is O=C1CN(CC2CCOCC2)c2nc(Br)cnc2N1. The molecule has 0 unspecified atom stereocenters. The molecule has 1 N–H and O–H groups in total. The molecule has 0 aromatic carbocycles. The molecule has 1 fully saturated rings. The van der Waals surface area contributed by atoms with E-state index < -0.39 is 0 Å². The van der Waals surface area contributed by atoms with Crippen LogP contribution in [0.2, 0.25) is 0 Å². The Morgan fingerprint density at radius 3 is 3.05 bits per heavy atom. The third kappa shape index (κ3) is 2.87. The van der Waals surface area contributed by atoms with Crippen LogP contribution in [0.5, 0.6) is 0 Å². The first-order valence-corrected chi connectivity index (χ1v) is 7.17. The lowest BCUT2D eigenvalue weighted by atomic mass is 9.99. The number of carbonyl (C=O) groups excluding carboxylic acids is 1. The molecule has 1 saturated heterocycles. The highest BCUT2D eigenvalue weighted by atomic mass is 79.9. The van der Waals surface area contributed by atoms with Crippen molar-refractivity contribution in [3.63, 3.8) is 0 Å². The number of aromatic nitrogens is 2. The lowest BCUT2D eigenvalue weighted by molar-refractivity contribution is -0.115. The lowest BCUT2D eigenvalue weighted by Crippen LogP contribution is -2.42. The highest BCUT2D eigenvalue weighted by Crippen LogP contribution is 2.28. The first-order chi connectivity index (χ1) is 9.22. The number of halogens is 1. The average Bonchev–Trinajstić information content (AvgIpc) is 2.41. The van der Waals surface area contributed by atoms with Crippen LogP contribution in [0.1, 0.15) is 12.8 Å². The van der Waals surface area contributed by atoms with Crippen LogP contribution in [-0.2, 0) is 9.53 Å². The molecule has 3 rings (SSSR count). The molecule has 2 aliphatic rings. The van der Waals surface area contributed by atoms with Gasteiger partial charge in [-0.15, -0.1) is 0 Å². The number of rotatable bonds is 2. The molecule has 102 valence electrons. The quantitative estimate of drug-likeness (QED) is 0.890. The summed E-state index contributed by atoms with van der Waals surface area (Å²) >= 11 is 3.33. The van der Waals surface area contributed by atoms with Gasteiger partial charge in [-0.3, -0.25) is 4.79 Å². The van der Waals surface area contributed by atoms with Gasteiger partial charge in [0.2, 0.25) is 5.91 Å². The van der Waals surface area contributed by atoms with Crippen molar-refractivity contribution in [3.05, 3.63) is 10.8 Å². The number of nitrogens with zero attached hydrogens (tertiary/aromatic N) is 3. The number of anilines is 2. The van der Waals surface area contributed by atoms with Gasteiger partial charge in [0.25, 0.3) is 0 Å². The van der Waals surface area contributed by atoms with Crippen molar-refractivity contribution in [1.82, 2.24) is 9.97 Å². The van der Waals surface area contributed by atoms with E-state index in [-0.39, 0.29) is 5.91 Å². The number of fused-ring (bicyclic) bond motifs is 1. The number of hydrogen-bond donors (Lipinski definition) is 1. The Labute approximate surface area is 119 Å². The third-order valence-corrected chi connectivity index (χ3v) is 3.82. The second kappa shape index (κ2) is 5.42. The van der Waals surface area contributed by atoms with E-state index in [2.05, 4.69) is 31.2 Å². The van der Waals surface area contributed by atoms with Gasteiger partial charge in [-0.05, 0) is 34.7 Å². The number of amides is 1. The Hall–Kier alpha value is -1.21. The van der Waals surface area contributed by atoms with Crippen LogP contribution in [0.3, 0.4) is 0 Å². The lowest BCUT2D eigenvalue weighted by Gasteiger charge is -2.33. The van der Waals surface area contributed by atoms with E-state index in [0.717, 1.165) is 38.4 Å². The highest BCUT2D eigenvalue weighted by molar-refractivity contribution is 9.10. The number of nitrogens with one attached hydrogen (secondary N) is 1. The van der Waals surface area contributed by atoms with E-state index in [9.17, 15) is 4.79 Å². The summed E-state index contributed by atoms with van der Waals surface area (Å²) < 4.78 is 6.05. The van der Waals surface area contributed by atoms with Crippen LogP contribution in [0, 0.1) is 5.92 Å². The Bertz CT molecular complexity index is 491. The van der Waals surface area contributed by atoms with Crippen molar-refractivity contribution < 1.29 is 9.53 Å². The first-order valence-electron chi connectivity index (χ1n) is 6.37. The molecule has 6 nitrogen and oxygen atoms in total. The van der Waals surface area contributed by atoms with E-state index in [1.807, 2.05) is 4.90 Å². The fourth-order valence-corrected chi connectivity index (χ4v) is 2.75. The molecule has 0 atom stereocenters. The molecule has 0 bridgehead atoms. The van der Waals surface area contributed by atoms with E-state index in [0.29, 0.717) is 22.9 Å². The molecule has 1 aromatic heterocycles. The minimum Gasteiger partial charge on any atom is -0.381 e. The molecule has 0 aliphatic carbocycles. The molecule has 0 saturated carbocycles. The molecule has 19 heavy (non-hydrogen) atoms. The van der Waals surface area contributed by atoms with Crippen LogP contribution >= 0.6 is 15.9 Å². The van der Waals surface area contributed by atoms with Crippen LogP contribution in [0.15, 0.2) is 10.8 Å². The van der Waals surface area contributed by atoms with Crippen molar-refractivity contribution in [2.24, 2.45) is 5.92 Å². The fourth-order valence-electron chi connectivity index (χ4n) is 2.48. The summed E-state index contributed by atoms with van der Waals surface area (Å²) in [6, 6.07) is 0. The largest absolute Gasteiger partial charge is 0.381 e. The Morgan fingerprint density at radius 2 is 2.26 bits per heavy atom. The Balaban J connectivity index is 1.81. The van der Waals surface area contributed by atoms with Crippen LogP contribution in [0.25, 0.3) is 0 Å². The van der Waals surface area contributed by atoms with Gasteiger partial charge >= 0.3 is 0 Å². The fraction of sp³-hybridized carbons (Fsp3) is 0.583. The number of hydrogen-bond acceptors (Lipinski definition) is 5. The maximum atomic E-state index is 11.7. The molecule has 1 amide bonds. The van der Waals surface area contributed by atoms with Crippen LogP contribution in [-0.4, -0.2) is 42.2 Å². The predicted molar refractivity (Wildman–Crippen MR) is 74.1 cm³/mol. The Morgan fingerprint density at radius 1 is 1.47 bits per heavy atom. The number of carbonyl (C=O) groups is 1. The van der Waals surface area contributed by atoms with Crippen molar-refractivity contribution in [2.45, 2.75) is 12.8 Å². The summed E-state index contributed by atoms with van der Waals surface area (Å²) in [5.74, 6) is 1.82. The molecular weight excluding hydrogens is 312 g/mol. The summed E-state index contributed by atoms with van der Waals surface area (Å²) in [5.41, 5.74) is 0. The summed E-state index contributed by atoms with van der Waals surface area (Å²) in [5, 5.41) is 2.75. The van der Waals surface area contributed by atoms with Gasteiger partial charge in [0.1, 0.15) is 4.60 Å². The minimum atomic E-state index is -0.0313. The average molecular weight is 327 g/mol. The zero-order chi connectivity index (χ0) is 13.2. The third-order valence-electron chi connectivity index (χ3n) is 3.44. The smallest absolute Gasteiger partial charge is 0.245 e. The van der Waals surface area contributed by atoms with Gasteiger partial charge in [-0.25, -0.2) is 9.97 Å². The highest BCUT2D eigenvalue weighted by Gasteiger charge is 2.27. The van der Waals surface area contributed by atoms with E-state index in [4.69, 9.17) is 4.74 Å². The van der Waals surface area contributed by atoms with Crippen molar-refractivity contribution in [3.8, 4) is 0 Å². The number of ether oxygens (including phenoxy) is 1. The molecule has 0 radical (unpaired) electrons.